The number of nitrogens with two attached hydrogens (primary N) is 1. The van der Waals surface area contributed by atoms with Gasteiger partial charge in [-0.3, -0.25) is 0 Å². The minimum Gasteiger partial charge on any atom is -0.399 e. The van der Waals surface area contributed by atoms with Gasteiger partial charge in [-0.25, -0.2) is 0 Å². The van der Waals surface area contributed by atoms with Crippen molar-refractivity contribution in [2.45, 2.75) is 6.54 Å². The van der Waals surface area contributed by atoms with E-state index in [4.69, 9.17) is 10.8 Å². The van der Waals surface area contributed by atoms with Gasteiger partial charge in [0.15, 0.2) is 0 Å². The van der Waals surface area contributed by atoms with Crippen LogP contribution in [0.5, 0.6) is 0 Å². The maximum absolute atomic E-state index is 8.51. The zero-order valence-corrected chi connectivity index (χ0v) is 8.18. The van der Waals surface area contributed by atoms with Crippen LogP contribution in [0, 0.1) is 0 Å². The topological polar surface area (TPSA) is 58.3 Å². The SMILES string of the molecule is Cl.Nc1cccc(CNCCO)c1. The monoisotopic (exact) mass is 202 g/mol. The van der Waals surface area contributed by atoms with Gasteiger partial charge in [0.25, 0.3) is 0 Å². The molecule has 4 heteroatoms. The molecule has 0 saturated heterocycles. The molecule has 0 unspecified atom stereocenters. The zero-order valence-electron chi connectivity index (χ0n) is 7.36. The molecule has 4 N–H and O–H groups in total. The summed E-state index contributed by atoms with van der Waals surface area (Å²) in [5, 5.41) is 11.6. The number of aliphatic hydroxyl groups excluding tert-OH is 1. The molecule has 0 radical (unpaired) electrons. The third-order valence-corrected chi connectivity index (χ3v) is 1.57. The van der Waals surface area contributed by atoms with Crippen LogP contribution in [-0.2, 0) is 6.54 Å². The predicted molar refractivity (Wildman–Crippen MR) is 56.9 cm³/mol. The Morgan fingerprint density at radius 3 is 2.77 bits per heavy atom. The average molecular weight is 203 g/mol. The minimum atomic E-state index is 0. The summed E-state index contributed by atoms with van der Waals surface area (Å²) in [5.74, 6) is 0. The fraction of sp³-hybridized carbons (Fsp3) is 0.333. The molecule has 0 aliphatic carbocycles. The van der Waals surface area contributed by atoms with Crippen LogP contribution >= 0.6 is 12.4 Å². The van der Waals surface area contributed by atoms with Crippen molar-refractivity contribution in [3.63, 3.8) is 0 Å². The number of aliphatic hydroxyl groups is 1. The standard InChI is InChI=1S/C9H14N2O.ClH/c10-9-3-1-2-8(6-9)7-11-4-5-12;/h1-3,6,11-12H,4-5,7,10H2;1H. The number of hydrogen-bond donors (Lipinski definition) is 3. The number of halogens is 1. The molecule has 0 spiro atoms. The van der Waals surface area contributed by atoms with Crippen LogP contribution in [0.2, 0.25) is 0 Å². The van der Waals surface area contributed by atoms with Crippen molar-refractivity contribution in [2.75, 3.05) is 18.9 Å². The Bertz CT molecular complexity index is 243. The largest absolute Gasteiger partial charge is 0.399 e. The second-order valence-corrected chi connectivity index (χ2v) is 2.65. The van der Waals surface area contributed by atoms with E-state index in [1.54, 1.807) is 0 Å². The fourth-order valence-electron chi connectivity index (χ4n) is 1.01. The van der Waals surface area contributed by atoms with Crippen LogP contribution in [0.15, 0.2) is 24.3 Å². The fourth-order valence-corrected chi connectivity index (χ4v) is 1.01. The normalized spacial score (nSPS) is 9.31. The van der Waals surface area contributed by atoms with Gasteiger partial charge in [0.1, 0.15) is 0 Å². The third kappa shape index (κ3) is 4.72. The van der Waals surface area contributed by atoms with Gasteiger partial charge in [0.2, 0.25) is 0 Å². The molecule has 74 valence electrons. The second-order valence-electron chi connectivity index (χ2n) is 2.65. The summed E-state index contributed by atoms with van der Waals surface area (Å²) in [5.41, 5.74) is 7.50. The number of benzene rings is 1. The Morgan fingerprint density at radius 1 is 1.38 bits per heavy atom. The molecular weight excluding hydrogens is 188 g/mol. The summed E-state index contributed by atoms with van der Waals surface area (Å²) in [6.07, 6.45) is 0. The molecule has 0 aliphatic heterocycles. The summed E-state index contributed by atoms with van der Waals surface area (Å²) >= 11 is 0. The Kier molecular flexibility index (Phi) is 6.32. The first kappa shape index (κ1) is 12.2. The highest BCUT2D eigenvalue weighted by Gasteiger charge is 1.91. The van der Waals surface area contributed by atoms with E-state index in [0.717, 1.165) is 17.8 Å². The first-order valence-electron chi connectivity index (χ1n) is 3.99. The third-order valence-electron chi connectivity index (χ3n) is 1.57. The zero-order chi connectivity index (χ0) is 8.81. The molecule has 3 nitrogen and oxygen atoms in total. The van der Waals surface area contributed by atoms with E-state index in [2.05, 4.69) is 5.32 Å². The Balaban J connectivity index is 0.00000144. The van der Waals surface area contributed by atoms with E-state index in [1.165, 1.54) is 0 Å². The molecule has 0 fully saturated rings. The lowest BCUT2D eigenvalue weighted by Crippen LogP contribution is -2.17. The Hall–Kier alpha value is -0.770. The van der Waals surface area contributed by atoms with Crippen molar-refractivity contribution in [2.24, 2.45) is 0 Å². The molecular formula is C9H15ClN2O. The summed E-state index contributed by atoms with van der Waals surface area (Å²) in [6, 6.07) is 7.70. The van der Waals surface area contributed by atoms with Crippen LogP contribution in [0.1, 0.15) is 5.56 Å². The van der Waals surface area contributed by atoms with Crippen LogP contribution in [0.25, 0.3) is 0 Å². The minimum absolute atomic E-state index is 0. The molecule has 0 saturated carbocycles. The van der Waals surface area contributed by atoms with Crippen LogP contribution in [0.4, 0.5) is 5.69 Å². The van der Waals surface area contributed by atoms with Gasteiger partial charge in [-0.05, 0) is 17.7 Å². The molecule has 0 bridgehead atoms. The molecule has 13 heavy (non-hydrogen) atoms. The summed E-state index contributed by atoms with van der Waals surface area (Å²) in [6.45, 7) is 1.54. The van der Waals surface area contributed by atoms with Gasteiger partial charge in [-0.2, -0.15) is 0 Å². The average Bonchev–Trinajstić information content (AvgIpc) is 2.05. The second kappa shape index (κ2) is 6.71. The van der Waals surface area contributed by atoms with Gasteiger partial charge in [-0.15, -0.1) is 12.4 Å². The maximum atomic E-state index is 8.51. The van der Waals surface area contributed by atoms with E-state index < -0.39 is 0 Å². The molecule has 0 aromatic heterocycles. The smallest absolute Gasteiger partial charge is 0.0556 e. The van der Waals surface area contributed by atoms with Gasteiger partial charge < -0.3 is 16.2 Å². The van der Waals surface area contributed by atoms with Crippen molar-refractivity contribution in [1.82, 2.24) is 5.32 Å². The first-order chi connectivity index (χ1) is 5.83. The van der Waals surface area contributed by atoms with Crippen molar-refractivity contribution >= 4 is 18.1 Å². The molecule has 1 rings (SSSR count). The van der Waals surface area contributed by atoms with Crippen molar-refractivity contribution in [1.29, 1.82) is 0 Å². The number of anilines is 1. The molecule has 1 aromatic rings. The lowest BCUT2D eigenvalue weighted by atomic mass is 10.2. The maximum Gasteiger partial charge on any atom is 0.0556 e. The van der Waals surface area contributed by atoms with Gasteiger partial charge in [0, 0.05) is 18.8 Å². The van der Waals surface area contributed by atoms with E-state index in [0.29, 0.717) is 6.54 Å². The van der Waals surface area contributed by atoms with E-state index in [-0.39, 0.29) is 19.0 Å². The number of nitrogen functional groups attached to an aromatic ring is 1. The highest BCUT2D eigenvalue weighted by Crippen LogP contribution is 2.05. The van der Waals surface area contributed by atoms with Crippen LogP contribution in [-0.4, -0.2) is 18.3 Å². The summed E-state index contributed by atoms with van der Waals surface area (Å²) in [7, 11) is 0. The highest BCUT2D eigenvalue weighted by atomic mass is 35.5. The molecule has 0 amide bonds. The lowest BCUT2D eigenvalue weighted by molar-refractivity contribution is 0.292. The summed E-state index contributed by atoms with van der Waals surface area (Å²) < 4.78 is 0. The van der Waals surface area contributed by atoms with Crippen molar-refractivity contribution in [3.05, 3.63) is 29.8 Å². The van der Waals surface area contributed by atoms with E-state index in [9.17, 15) is 0 Å². The van der Waals surface area contributed by atoms with Crippen molar-refractivity contribution < 1.29 is 5.11 Å². The highest BCUT2D eigenvalue weighted by molar-refractivity contribution is 5.85. The van der Waals surface area contributed by atoms with Crippen molar-refractivity contribution in [3.8, 4) is 0 Å². The number of nitrogens with one attached hydrogen (secondary N) is 1. The predicted octanol–water partition coefficient (Wildman–Crippen LogP) is 0.773. The summed E-state index contributed by atoms with van der Waals surface area (Å²) in [4.78, 5) is 0. The lowest BCUT2D eigenvalue weighted by Gasteiger charge is -2.03. The molecule has 1 aromatic carbocycles. The Labute approximate surface area is 84.4 Å². The van der Waals surface area contributed by atoms with Gasteiger partial charge in [0.05, 0.1) is 6.61 Å². The van der Waals surface area contributed by atoms with Gasteiger partial charge in [-0.1, -0.05) is 12.1 Å². The number of rotatable bonds is 4. The molecule has 0 aliphatic rings. The Morgan fingerprint density at radius 2 is 2.15 bits per heavy atom. The van der Waals surface area contributed by atoms with Crippen LogP contribution < -0.4 is 11.1 Å². The van der Waals surface area contributed by atoms with Crippen LogP contribution in [0.3, 0.4) is 0 Å². The van der Waals surface area contributed by atoms with E-state index >= 15 is 0 Å². The first-order valence-corrected chi connectivity index (χ1v) is 3.99. The van der Waals surface area contributed by atoms with E-state index in [1.807, 2.05) is 24.3 Å². The molecule has 0 atom stereocenters. The quantitative estimate of drug-likeness (QED) is 0.500. The van der Waals surface area contributed by atoms with Gasteiger partial charge >= 0.3 is 0 Å². The number of hydrogen-bond acceptors (Lipinski definition) is 3. The molecule has 0 heterocycles.